The molecule has 1 saturated heterocycles. The van der Waals surface area contributed by atoms with Gasteiger partial charge in [0.2, 0.25) is 0 Å². The first kappa shape index (κ1) is 11.0. The highest BCUT2D eigenvalue weighted by molar-refractivity contribution is 4.69. The van der Waals surface area contributed by atoms with Gasteiger partial charge in [-0.1, -0.05) is 0 Å². The summed E-state index contributed by atoms with van der Waals surface area (Å²) >= 11 is 0. The fourth-order valence-corrected chi connectivity index (χ4v) is 1.60. The zero-order valence-corrected chi connectivity index (χ0v) is 8.88. The van der Waals surface area contributed by atoms with E-state index in [0.29, 0.717) is 6.04 Å². The molecule has 1 atom stereocenters. The van der Waals surface area contributed by atoms with Crippen LogP contribution in [0, 0.1) is 0 Å². The van der Waals surface area contributed by atoms with Crippen molar-refractivity contribution in [2.45, 2.75) is 25.3 Å². The van der Waals surface area contributed by atoms with Gasteiger partial charge in [-0.05, 0) is 46.4 Å². The van der Waals surface area contributed by atoms with Crippen LogP contribution in [-0.4, -0.2) is 51.3 Å². The highest BCUT2D eigenvalue weighted by Gasteiger charge is 2.11. The molecule has 0 aromatic rings. The van der Waals surface area contributed by atoms with Gasteiger partial charge >= 0.3 is 0 Å². The fourth-order valence-electron chi connectivity index (χ4n) is 1.60. The minimum Gasteiger partial charge on any atom is -0.380 e. The van der Waals surface area contributed by atoms with Crippen LogP contribution in [0.1, 0.15) is 19.3 Å². The Morgan fingerprint density at radius 3 is 2.92 bits per heavy atom. The Morgan fingerprint density at radius 1 is 1.46 bits per heavy atom. The molecule has 0 aliphatic carbocycles. The van der Waals surface area contributed by atoms with Gasteiger partial charge in [-0.25, -0.2) is 0 Å². The molecule has 1 heterocycles. The molecule has 0 aromatic carbocycles. The zero-order chi connectivity index (χ0) is 9.52. The van der Waals surface area contributed by atoms with Gasteiger partial charge in [0.15, 0.2) is 0 Å². The predicted octanol–water partition coefficient (Wildman–Crippen LogP) is 0.707. The first-order chi connectivity index (χ1) is 6.29. The Labute approximate surface area is 81.4 Å². The van der Waals surface area contributed by atoms with Crippen molar-refractivity contribution >= 4 is 0 Å². The van der Waals surface area contributed by atoms with Crippen molar-refractivity contribution < 1.29 is 4.74 Å². The average molecular weight is 186 g/mol. The molecular weight excluding hydrogens is 164 g/mol. The summed E-state index contributed by atoms with van der Waals surface area (Å²) in [4.78, 5) is 2.22. The highest BCUT2D eigenvalue weighted by Crippen LogP contribution is 2.05. The molecule has 1 unspecified atom stereocenters. The second kappa shape index (κ2) is 6.35. The summed E-state index contributed by atoms with van der Waals surface area (Å²) in [5, 5.41) is 3.53. The lowest BCUT2D eigenvalue weighted by Crippen LogP contribution is -2.37. The molecule has 0 aromatic heterocycles. The molecule has 0 radical (unpaired) electrons. The van der Waals surface area contributed by atoms with Crippen LogP contribution in [0.25, 0.3) is 0 Å². The van der Waals surface area contributed by atoms with Crippen LogP contribution in [-0.2, 0) is 4.74 Å². The Morgan fingerprint density at radius 2 is 2.31 bits per heavy atom. The van der Waals surface area contributed by atoms with Gasteiger partial charge in [-0.15, -0.1) is 0 Å². The van der Waals surface area contributed by atoms with Crippen molar-refractivity contribution in [3.63, 3.8) is 0 Å². The first-order valence-corrected chi connectivity index (χ1v) is 5.25. The van der Waals surface area contributed by atoms with E-state index in [1.54, 1.807) is 0 Å². The van der Waals surface area contributed by atoms with Crippen molar-refractivity contribution in [3.05, 3.63) is 0 Å². The van der Waals surface area contributed by atoms with Crippen LogP contribution in [0.4, 0.5) is 0 Å². The first-order valence-electron chi connectivity index (χ1n) is 5.25. The van der Waals surface area contributed by atoms with Gasteiger partial charge in [0, 0.05) is 12.6 Å². The summed E-state index contributed by atoms with van der Waals surface area (Å²) in [6.45, 7) is 4.14. The lowest BCUT2D eigenvalue weighted by molar-refractivity contribution is 0.0703. The molecule has 0 saturated carbocycles. The monoisotopic (exact) mass is 186 g/mol. The molecular formula is C10H22N2O. The predicted molar refractivity (Wildman–Crippen MR) is 55.0 cm³/mol. The third-order valence-corrected chi connectivity index (χ3v) is 2.38. The van der Waals surface area contributed by atoms with Crippen molar-refractivity contribution in [2.75, 3.05) is 40.4 Å². The summed E-state index contributed by atoms with van der Waals surface area (Å²) < 4.78 is 5.39. The lowest BCUT2D eigenvalue weighted by atomic mass is 10.1. The standard InChI is InChI=1S/C10H22N2O/c1-12(2)7-4-6-11-10-5-3-8-13-9-10/h10-11H,3-9H2,1-2H3. The second-order valence-corrected chi connectivity index (χ2v) is 4.03. The minimum atomic E-state index is 0.607. The van der Waals surface area contributed by atoms with Crippen LogP contribution < -0.4 is 5.32 Å². The van der Waals surface area contributed by atoms with Crippen molar-refractivity contribution in [1.29, 1.82) is 0 Å². The molecule has 1 fully saturated rings. The van der Waals surface area contributed by atoms with E-state index in [1.807, 2.05) is 0 Å². The van der Waals surface area contributed by atoms with Gasteiger partial charge in [-0.2, -0.15) is 0 Å². The number of hydrogen-bond acceptors (Lipinski definition) is 3. The van der Waals surface area contributed by atoms with Crippen LogP contribution in [0.5, 0.6) is 0 Å². The zero-order valence-electron chi connectivity index (χ0n) is 8.88. The molecule has 0 bridgehead atoms. The molecule has 1 aliphatic heterocycles. The lowest BCUT2D eigenvalue weighted by Gasteiger charge is -2.23. The van der Waals surface area contributed by atoms with E-state index in [-0.39, 0.29) is 0 Å². The summed E-state index contributed by atoms with van der Waals surface area (Å²) in [7, 11) is 4.23. The number of hydrogen-bond donors (Lipinski definition) is 1. The second-order valence-electron chi connectivity index (χ2n) is 4.03. The Bertz CT molecular complexity index is 122. The van der Waals surface area contributed by atoms with E-state index in [9.17, 15) is 0 Å². The molecule has 3 heteroatoms. The third-order valence-electron chi connectivity index (χ3n) is 2.38. The molecule has 13 heavy (non-hydrogen) atoms. The summed E-state index contributed by atoms with van der Waals surface area (Å²) in [6.07, 6.45) is 3.72. The molecule has 78 valence electrons. The Kier molecular flexibility index (Phi) is 5.35. The molecule has 1 rings (SSSR count). The van der Waals surface area contributed by atoms with Gasteiger partial charge in [-0.3, -0.25) is 0 Å². The number of rotatable bonds is 5. The van der Waals surface area contributed by atoms with Crippen molar-refractivity contribution in [3.8, 4) is 0 Å². The maximum Gasteiger partial charge on any atom is 0.0619 e. The summed E-state index contributed by atoms with van der Waals surface area (Å²) in [6, 6.07) is 0.607. The average Bonchev–Trinajstić information content (AvgIpc) is 2.14. The Hall–Kier alpha value is -0.120. The van der Waals surface area contributed by atoms with Crippen molar-refractivity contribution in [1.82, 2.24) is 10.2 Å². The Balaban J connectivity index is 1.92. The summed E-state index contributed by atoms with van der Waals surface area (Å²) in [5.41, 5.74) is 0. The van der Waals surface area contributed by atoms with Crippen molar-refractivity contribution in [2.24, 2.45) is 0 Å². The van der Waals surface area contributed by atoms with Crippen LogP contribution >= 0.6 is 0 Å². The van der Waals surface area contributed by atoms with Crippen LogP contribution in [0.3, 0.4) is 0 Å². The smallest absolute Gasteiger partial charge is 0.0619 e. The SMILES string of the molecule is CN(C)CCCNC1CCCOC1. The minimum absolute atomic E-state index is 0.607. The van der Waals surface area contributed by atoms with Gasteiger partial charge in [0.25, 0.3) is 0 Å². The normalized spacial score (nSPS) is 23.8. The molecule has 1 aliphatic rings. The largest absolute Gasteiger partial charge is 0.380 e. The number of nitrogens with zero attached hydrogens (tertiary/aromatic N) is 1. The quantitative estimate of drug-likeness (QED) is 0.640. The van der Waals surface area contributed by atoms with Gasteiger partial charge in [0.1, 0.15) is 0 Å². The maximum absolute atomic E-state index is 5.39. The topological polar surface area (TPSA) is 24.5 Å². The van der Waals surface area contributed by atoms with Crippen LogP contribution in [0.2, 0.25) is 0 Å². The van der Waals surface area contributed by atoms with E-state index in [2.05, 4.69) is 24.3 Å². The third kappa shape index (κ3) is 5.24. The van der Waals surface area contributed by atoms with E-state index in [0.717, 1.165) is 19.8 Å². The molecule has 3 nitrogen and oxygen atoms in total. The van der Waals surface area contributed by atoms with E-state index < -0.39 is 0 Å². The maximum atomic E-state index is 5.39. The van der Waals surface area contributed by atoms with Gasteiger partial charge in [0.05, 0.1) is 6.61 Å². The highest BCUT2D eigenvalue weighted by atomic mass is 16.5. The fraction of sp³-hybridized carbons (Fsp3) is 1.00. The number of nitrogens with one attached hydrogen (secondary N) is 1. The summed E-state index contributed by atoms with van der Waals surface area (Å²) in [5.74, 6) is 0. The van der Waals surface area contributed by atoms with E-state index in [1.165, 1.54) is 25.8 Å². The van der Waals surface area contributed by atoms with Crippen LogP contribution in [0.15, 0.2) is 0 Å². The van der Waals surface area contributed by atoms with E-state index in [4.69, 9.17) is 4.74 Å². The van der Waals surface area contributed by atoms with Gasteiger partial charge < -0.3 is 15.0 Å². The van der Waals surface area contributed by atoms with E-state index >= 15 is 0 Å². The number of ether oxygens (including phenoxy) is 1. The molecule has 1 N–H and O–H groups in total. The molecule has 0 spiro atoms. The molecule has 0 amide bonds.